The van der Waals surface area contributed by atoms with E-state index in [2.05, 4.69) is 0 Å². The van der Waals surface area contributed by atoms with Crippen molar-refractivity contribution >= 4 is 15.7 Å². The second-order valence-corrected chi connectivity index (χ2v) is 6.27. The first-order valence-corrected chi connectivity index (χ1v) is 5.70. The van der Waals surface area contributed by atoms with E-state index >= 15 is 0 Å². The van der Waals surface area contributed by atoms with Crippen LogP contribution in [0.1, 0.15) is 12.8 Å². The fourth-order valence-corrected chi connectivity index (χ4v) is 2.63. The first kappa shape index (κ1) is 6.93. The van der Waals surface area contributed by atoms with Gasteiger partial charge in [0, 0.05) is 24.3 Å². The zero-order chi connectivity index (χ0) is 6.91. The van der Waals surface area contributed by atoms with Gasteiger partial charge in [-0.15, -0.1) is 9.93 Å². The summed E-state index contributed by atoms with van der Waals surface area (Å²) in [6, 6.07) is 0. The average Bonchev–Trinajstić information content (AvgIpc) is 1.78. The molecule has 0 unspecified atom stereocenters. The minimum Gasteiger partial charge on any atom is -0.300 e. The van der Waals surface area contributed by atoms with E-state index in [0.29, 0.717) is 24.3 Å². The number of Topliss-reactive ketones (excluding diaryl/α,β-unsaturated/α-hetero) is 1. The standard InChI is InChI=1S/C6H12O2S/c1-9(8)4-2-6(7)3-5-9/h9H,2-5H2,1H3. The van der Waals surface area contributed by atoms with Gasteiger partial charge in [0.05, 0.1) is 0 Å². The molecule has 0 spiro atoms. The molecule has 0 aromatic heterocycles. The first-order chi connectivity index (χ1) is 4.10. The molecule has 1 aliphatic heterocycles. The van der Waals surface area contributed by atoms with Gasteiger partial charge in [-0.2, -0.15) is 0 Å². The van der Waals surface area contributed by atoms with Gasteiger partial charge in [0.25, 0.3) is 0 Å². The molecule has 0 radical (unpaired) electrons. The maximum Gasteiger partial charge on any atom is 0.134 e. The maximum absolute atomic E-state index is 11.2. The molecule has 54 valence electrons. The predicted octanol–water partition coefficient (Wildman–Crippen LogP) is -0.00420. The van der Waals surface area contributed by atoms with Crippen LogP contribution in [0.4, 0.5) is 0 Å². The lowest BCUT2D eigenvalue weighted by molar-refractivity contribution is -0.118. The highest BCUT2D eigenvalue weighted by atomic mass is 32.2. The molecule has 9 heavy (non-hydrogen) atoms. The van der Waals surface area contributed by atoms with Crippen molar-refractivity contribution in [2.24, 2.45) is 0 Å². The summed E-state index contributed by atoms with van der Waals surface area (Å²) in [5.41, 5.74) is 0. The highest BCUT2D eigenvalue weighted by Gasteiger charge is 2.18. The molecule has 3 heteroatoms. The van der Waals surface area contributed by atoms with Gasteiger partial charge in [-0.1, -0.05) is 0 Å². The molecule has 1 fully saturated rings. The van der Waals surface area contributed by atoms with Crippen molar-refractivity contribution in [1.29, 1.82) is 0 Å². The molecule has 0 amide bonds. The van der Waals surface area contributed by atoms with Crippen LogP contribution in [0, 0.1) is 0 Å². The molecule has 1 aliphatic rings. The minimum absolute atomic E-state index is 0.281. The summed E-state index contributed by atoms with van der Waals surface area (Å²) in [6.45, 7) is 0. The number of ketones is 1. The Bertz CT molecular complexity index is 160. The van der Waals surface area contributed by atoms with E-state index in [9.17, 15) is 9.00 Å². The lowest BCUT2D eigenvalue weighted by Crippen LogP contribution is -2.28. The molecule has 1 rings (SSSR count). The smallest absolute Gasteiger partial charge is 0.134 e. The SMILES string of the molecule is C[SH]1(=O)CCC(=O)CC1. The third-order valence-electron chi connectivity index (χ3n) is 1.73. The van der Waals surface area contributed by atoms with Gasteiger partial charge in [0.15, 0.2) is 0 Å². The second-order valence-electron chi connectivity index (χ2n) is 2.78. The van der Waals surface area contributed by atoms with Gasteiger partial charge >= 0.3 is 0 Å². The van der Waals surface area contributed by atoms with Crippen LogP contribution in [-0.4, -0.2) is 27.8 Å². The largest absolute Gasteiger partial charge is 0.300 e. The molecular formula is C6H12O2S. The Labute approximate surface area is 56.1 Å². The molecule has 0 aliphatic carbocycles. The van der Waals surface area contributed by atoms with Crippen molar-refractivity contribution in [3.05, 3.63) is 0 Å². The normalized spacial score (nSPS) is 29.7. The molecule has 0 atom stereocenters. The molecule has 0 N–H and O–H groups in total. The summed E-state index contributed by atoms with van der Waals surface area (Å²) in [5, 5.41) is 0. The van der Waals surface area contributed by atoms with Gasteiger partial charge in [-0.05, 0) is 6.26 Å². The van der Waals surface area contributed by atoms with Crippen LogP contribution in [-0.2, 0) is 14.7 Å². The Morgan fingerprint density at radius 3 is 2.11 bits per heavy atom. The Balaban J connectivity index is 2.54. The van der Waals surface area contributed by atoms with Crippen molar-refractivity contribution in [3.8, 4) is 0 Å². The van der Waals surface area contributed by atoms with Crippen molar-refractivity contribution < 1.29 is 9.00 Å². The number of carbonyl (C=O) groups is 1. The zero-order valence-corrected chi connectivity index (χ0v) is 6.49. The highest BCUT2D eigenvalue weighted by Crippen LogP contribution is 2.11. The van der Waals surface area contributed by atoms with Crippen LogP contribution < -0.4 is 0 Å². The van der Waals surface area contributed by atoms with E-state index in [1.54, 1.807) is 6.26 Å². The Kier molecular flexibility index (Phi) is 1.70. The minimum atomic E-state index is -1.84. The highest BCUT2D eigenvalue weighted by molar-refractivity contribution is 8.02. The number of hydrogen-bond acceptors (Lipinski definition) is 2. The molecular weight excluding hydrogens is 136 g/mol. The fourth-order valence-electron chi connectivity index (χ4n) is 0.959. The number of hydrogen-bond donors (Lipinski definition) is 1. The van der Waals surface area contributed by atoms with Crippen molar-refractivity contribution in [1.82, 2.24) is 0 Å². The summed E-state index contributed by atoms with van der Waals surface area (Å²) in [6.07, 6.45) is 2.89. The topological polar surface area (TPSA) is 34.1 Å². The number of carbonyl (C=O) groups excluding carboxylic acids is 1. The van der Waals surface area contributed by atoms with Gasteiger partial charge in [0.1, 0.15) is 5.78 Å². The van der Waals surface area contributed by atoms with Gasteiger partial charge in [-0.3, -0.25) is 9.00 Å². The molecule has 1 heterocycles. The van der Waals surface area contributed by atoms with Crippen LogP contribution in [0.15, 0.2) is 0 Å². The summed E-state index contributed by atoms with van der Waals surface area (Å²) < 4.78 is 11.2. The zero-order valence-electron chi connectivity index (χ0n) is 5.59. The molecule has 2 nitrogen and oxygen atoms in total. The summed E-state index contributed by atoms with van der Waals surface area (Å²) >= 11 is 0. The summed E-state index contributed by atoms with van der Waals surface area (Å²) in [4.78, 5) is 10.6. The van der Waals surface area contributed by atoms with E-state index in [4.69, 9.17) is 0 Å². The Hall–Kier alpha value is -0.180. The summed E-state index contributed by atoms with van der Waals surface area (Å²) in [5.74, 6) is 1.57. The third-order valence-corrected chi connectivity index (χ3v) is 4.07. The van der Waals surface area contributed by atoms with E-state index in [-0.39, 0.29) is 5.78 Å². The van der Waals surface area contributed by atoms with Gasteiger partial charge < -0.3 is 0 Å². The van der Waals surface area contributed by atoms with E-state index in [1.165, 1.54) is 0 Å². The lowest BCUT2D eigenvalue weighted by Gasteiger charge is -2.21. The number of rotatable bonds is 0. The van der Waals surface area contributed by atoms with Crippen LogP contribution in [0.2, 0.25) is 0 Å². The molecule has 0 bridgehead atoms. The van der Waals surface area contributed by atoms with Crippen LogP contribution in [0.3, 0.4) is 0 Å². The van der Waals surface area contributed by atoms with Crippen LogP contribution >= 0.6 is 0 Å². The fraction of sp³-hybridized carbons (Fsp3) is 0.833. The number of thiol groups is 1. The third kappa shape index (κ3) is 1.90. The van der Waals surface area contributed by atoms with Gasteiger partial charge in [0.2, 0.25) is 0 Å². The monoisotopic (exact) mass is 148 g/mol. The lowest BCUT2D eigenvalue weighted by atomic mass is 10.2. The van der Waals surface area contributed by atoms with Crippen LogP contribution in [0.5, 0.6) is 0 Å². The van der Waals surface area contributed by atoms with Crippen molar-refractivity contribution in [2.45, 2.75) is 12.8 Å². The van der Waals surface area contributed by atoms with Crippen molar-refractivity contribution in [3.63, 3.8) is 0 Å². The Morgan fingerprint density at radius 1 is 1.33 bits per heavy atom. The van der Waals surface area contributed by atoms with E-state index < -0.39 is 9.93 Å². The summed E-state index contributed by atoms with van der Waals surface area (Å²) in [7, 11) is -1.84. The first-order valence-electron chi connectivity index (χ1n) is 3.17. The quantitative estimate of drug-likeness (QED) is 0.490. The molecule has 0 aromatic carbocycles. The molecule has 1 saturated heterocycles. The van der Waals surface area contributed by atoms with Crippen LogP contribution in [0.25, 0.3) is 0 Å². The van der Waals surface area contributed by atoms with Gasteiger partial charge in [-0.25, -0.2) is 0 Å². The maximum atomic E-state index is 11.2. The van der Waals surface area contributed by atoms with Crippen molar-refractivity contribution in [2.75, 3.05) is 17.8 Å². The van der Waals surface area contributed by atoms with E-state index in [1.807, 2.05) is 0 Å². The predicted molar refractivity (Wildman–Crippen MR) is 39.4 cm³/mol. The average molecular weight is 148 g/mol. The molecule has 0 saturated carbocycles. The Morgan fingerprint density at radius 2 is 1.78 bits per heavy atom. The molecule has 0 aromatic rings. The second kappa shape index (κ2) is 2.21. The van der Waals surface area contributed by atoms with E-state index in [0.717, 1.165) is 0 Å².